The fraction of sp³-hybridized carbons (Fsp3) is 0.273. The monoisotopic (exact) mass is 326 g/mol. The van der Waals surface area contributed by atoms with Crippen LogP contribution in [0, 0.1) is 0 Å². The first-order valence-corrected chi connectivity index (χ1v) is 7.06. The molecule has 0 aromatic carbocycles. The third-order valence-corrected chi connectivity index (χ3v) is 3.44. The van der Waals surface area contributed by atoms with Gasteiger partial charge >= 0.3 is 0 Å². The standard InChI is InChI=1S/C11H11BrN4OS/c1-2-4-9-15-16-11(18-9)14-10(17)7-5-3-6-8(12)13-7/h3,5-6H,2,4H2,1H3,(H,14,16,17). The fourth-order valence-corrected chi connectivity index (χ4v) is 2.49. The van der Waals surface area contributed by atoms with Crippen LogP contribution in [0.25, 0.3) is 0 Å². The van der Waals surface area contributed by atoms with Crippen molar-refractivity contribution >= 4 is 38.3 Å². The minimum absolute atomic E-state index is 0.282. The van der Waals surface area contributed by atoms with Crippen LogP contribution in [-0.2, 0) is 6.42 Å². The van der Waals surface area contributed by atoms with E-state index in [9.17, 15) is 4.79 Å². The van der Waals surface area contributed by atoms with Crippen molar-refractivity contribution in [2.75, 3.05) is 5.32 Å². The highest BCUT2D eigenvalue weighted by Crippen LogP contribution is 2.17. The Labute approximate surface area is 117 Å². The molecule has 18 heavy (non-hydrogen) atoms. The number of anilines is 1. The van der Waals surface area contributed by atoms with Gasteiger partial charge < -0.3 is 0 Å². The molecule has 2 aromatic rings. The van der Waals surface area contributed by atoms with Gasteiger partial charge in [-0.05, 0) is 34.5 Å². The SMILES string of the molecule is CCCc1nnc(NC(=O)c2cccc(Br)n2)s1. The van der Waals surface area contributed by atoms with Crippen LogP contribution < -0.4 is 5.32 Å². The van der Waals surface area contributed by atoms with Gasteiger partial charge in [-0.3, -0.25) is 10.1 Å². The number of carbonyl (C=O) groups excluding carboxylic acids is 1. The molecule has 0 fully saturated rings. The highest BCUT2D eigenvalue weighted by molar-refractivity contribution is 9.10. The highest BCUT2D eigenvalue weighted by Gasteiger charge is 2.11. The summed E-state index contributed by atoms with van der Waals surface area (Å²) < 4.78 is 0.624. The number of rotatable bonds is 4. The van der Waals surface area contributed by atoms with Gasteiger partial charge in [-0.1, -0.05) is 24.3 Å². The summed E-state index contributed by atoms with van der Waals surface area (Å²) in [7, 11) is 0. The second-order valence-corrected chi connectivity index (χ2v) is 5.43. The molecule has 1 N–H and O–H groups in total. The Kier molecular flexibility index (Phi) is 4.38. The lowest BCUT2D eigenvalue weighted by Gasteiger charge is -2.00. The van der Waals surface area contributed by atoms with Gasteiger partial charge in [-0.15, -0.1) is 10.2 Å². The fourth-order valence-electron chi connectivity index (χ4n) is 1.31. The van der Waals surface area contributed by atoms with E-state index >= 15 is 0 Å². The molecule has 2 aromatic heterocycles. The minimum atomic E-state index is -0.282. The number of hydrogen-bond acceptors (Lipinski definition) is 5. The molecule has 5 nitrogen and oxygen atoms in total. The zero-order chi connectivity index (χ0) is 13.0. The molecule has 0 saturated heterocycles. The van der Waals surface area contributed by atoms with Crippen molar-refractivity contribution in [3.8, 4) is 0 Å². The van der Waals surface area contributed by atoms with E-state index in [1.54, 1.807) is 18.2 Å². The van der Waals surface area contributed by atoms with Gasteiger partial charge in [0.1, 0.15) is 15.3 Å². The molecule has 0 atom stereocenters. The number of pyridine rings is 1. The molecule has 7 heteroatoms. The first-order chi connectivity index (χ1) is 8.69. The molecule has 0 spiro atoms. The van der Waals surface area contributed by atoms with E-state index in [4.69, 9.17) is 0 Å². The van der Waals surface area contributed by atoms with Crippen molar-refractivity contribution in [2.24, 2.45) is 0 Å². The number of halogens is 1. The van der Waals surface area contributed by atoms with Crippen molar-refractivity contribution in [3.05, 3.63) is 33.5 Å². The number of amides is 1. The smallest absolute Gasteiger partial charge is 0.276 e. The molecule has 1 amide bonds. The predicted octanol–water partition coefficient (Wildman–Crippen LogP) is 2.90. The first-order valence-electron chi connectivity index (χ1n) is 5.45. The van der Waals surface area contributed by atoms with Crippen LogP contribution in [0.4, 0.5) is 5.13 Å². The molecule has 0 radical (unpaired) electrons. The van der Waals surface area contributed by atoms with Crippen molar-refractivity contribution in [3.63, 3.8) is 0 Å². The van der Waals surface area contributed by atoms with E-state index in [1.165, 1.54) is 11.3 Å². The molecule has 0 aliphatic carbocycles. The summed E-state index contributed by atoms with van der Waals surface area (Å²) in [5.74, 6) is -0.282. The number of aromatic nitrogens is 3. The zero-order valence-electron chi connectivity index (χ0n) is 9.68. The van der Waals surface area contributed by atoms with Crippen LogP contribution in [0.5, 0.6) is 0 Å². The quantitative estimate of drug-likeness (QED) is 0.877. The van der Waals surface area contributed by atoms with Crippen LogP contribution in [0.15, 0.2) is 22.8 Å². The van der Waals surface area contributed by atoms with E-state index < -0.39 is 0 Å². The van der Waals surface area contributed by atoms with E-state index in [1.807, 2.05) is 0 Å². The lowest BCUT2D eigenvalue weighted by molar-refractivity contribution is 0.102. The van der Waals surface area contributed by atoms with Crippen LogP contribution >= 0.6 is 27.3 Å². The molecule has 0 aliphatic heterocycles. The Morgan fingerprint density at radius 2 is 2.28 bits per heavy atom. The second kappa shape index (κ2) is 6.01. The first kappa shape index (κ1) is 13.1. The molecule has 0 unspecified atom stereocenters. The molecule has 0 aliphatic rings. The van der Waals surface area contributed by atoms with Gasteiger partial charge in [0.25, 0.3) is 5.91 Å². The molecule has 94 valence electrons. The molecule has 2 heterocycles. The topological polar surface area (TPSA) is 67.8 Å². The number of nitrogens with one attached hydrogen (secondary N) is 1. The van der Waals surface area contributed by atoms with Gasteiger partial charge in [-0.25, -0.2) is 4.98 Å². The summed E-state index contributed by atoms with van der Waals surface area (Å²) in [5.41, 5.74) is 0.344. The maximum atomic E-state index is 11.9. The van der Waals surface area contributed by atoms with E-state index in [2.05, 4.69) is 43.4 Å². The number of hydrogen-bond donors (Lipinski definition) is 1. The average Bonchev–Trinajstić information content (AvgIpc) is 2.77. The Morgan fingerprint density at radius 1 is 1.44 bits per heavy atom. The minimum Gasteiger partial charge on any atom is -0.295 e. The Hall–Kier alpha value is -1.34. The third kappa shape index (κ3) is 3.33. The summed E-state index contributed by atoms with van der Waals surface area (Å²) in [5, 5.41) is 12.0. The van der Waals surface area contributed by atoms with E-state index in [0.29, 0.717) is 15.4 Å². The Balaban J connectivity index is 2.06. The van der Waals surface area contributed by atoms with Gasteiger partial charge in [0.15, 0.2) is 0 Å². The van der Waals surface area contributed by atoms with Crippen molar-refractivity contribution < 1.29 is 4.79 Å². The van der Waals surface area contributed by atoms with Gasteiger partial charge in [0.05, 0.1) is 0 Å². The molecule has 0 bridgehead atoms. The lowest BCUT2D eigenvalue weighted by atomic mass is 10.3. The predicted molar refractivity (Wildman–Crippen MR) is 73.8 cm³/mol. The Bertz CT molecular complexity index is 557. The lowest BCUT2D eigenvalue weighted by Crippen LogP contribution is -2.13. The van der Waals surface area contributed by atoms with Crippen LogP contribution in [-0.4, -0.2) is 21.1 Å². The van der Waals surface area contributed by atoms with E-state index in [0.717, 1.165) is 17.8 Å². The second-order valence-electron chi connectivity index (χ2n) is 3.55. The van der Waals surface area contributed by atoms with Gasteiger partial charge in [-0.2, -0.15) is 0 Å². The molecule has 2 rings (SSSR count). The number of nitrogens with zero attached hydrogens (tertiary/aromatic N) is 3. The summed E-state index contributed by atoms with van der Waals surface area (Å²) in [6.07, 6.45) is 1.89. The van der Waals surface area contributed by atoms with Crippen molar-refractivity contribution in [1.29, 1.82) is 0 Å². The molecule has 0 saturated carbocycles. The normalized spacial score (nSPS) is 10.3. The number of carbonyl (C=O) groups is 1. The summed E-state index contributed by atoms with van der Waals surface area (Å²) in [6, 6.07) is 5.17. The highest BCUT2D eigenvalue weighted by atomic mass is 79.9. The largest absolute Gasteiger partial charge is 0.295 e. The number of aryl methyl sites for hydroxylation is 1. The van der Waals surface area contributed by atoms with Crippen molar-refractivity contribution in [2.45, 2.75) is 19.8 Å². The summed E-state index contributed by atoms with van der Waals surface area (Å²) in [6.45, 7) is 2.07. The van der Waals surface area contributed by atoms with Crippen LogP contribution in [0.3, 0.4) is 0 Å². The third-order valence-electron chi connectivity index (χ3n) is 2.10. The maximum Gasteiger partial charge on any atom is 0.276 e. The van der Waals surface area contributed by atoms with Crippen molar-refractivity contribution in [1.82, 2.24) is 15.2 Å². The summed E-state index contributed by atoms with van der Waals surface area (Å²) >= 11 is 4.62. The average molecular weight is 327 g/mol. The molecular weight excluding hydrogens is 316 g/mol. The Morgan fingerprint density at radius 3 is 3.00 bits per heavy atom. The summed E-state index contributed by atoms with van der Waals surface area (Å²) in [4.78, 5) is 16.0. The van der Waals surface area contributed by atoms with Gasteiger partial charge in [0.2, 0.25) is 5.13 Å². The molecular formula is C11H11BrN4OS. The zero-order valence-corrected chi connectivity index (χ0v) is 12.1. The maximum absolute atomic E-state index is 11.9. The van der Waals surface area contributed by atoms with Crippen LogP contribution in [0.2, 0.25) is 0 Å². The van der Waals surface area contributed by atoms with Crippen LogP contribution in [0.1, 0.15) is 28.8 Å². The van der Waals surface area contributed by atoms with E-state index in [-0.39, 0.29) is 5.91 Å². The van der Waals surface area contributed by atoms with Gasteiger partial charge in [0, 0.05) is 6.42 Å².